The highest BCUT2D eigenvalue weighted by Crippen LogP contribution is 2.18. The third-order valence-electron chi connectivity index (χ3n) is 4.09. The van der Waals surface area contributed by atoms with E-state index in [1.54, 1.807) is 18.3 Å². The molecule has 0 aromatic carbocycles. The van der Waals surface area contributed by atoms with E-state index in [4.69, 9.17) is 9.47 Å². The van der Waals surface area contributed by atoms with Gasteiger partial charge in [0, 0.05) is 19.3 Å². The lowest BCUT2D eigenvalue weighted by Crippen LogP contribution is -2.32. The van der Waals surface area contributed by atoms with Crippen LogP contribution in [0.2, 0.25) is 0 Å². The van der Waals surface area contributed by atoms with Crippen molar-refractivity contribution in [2.45, 2.75) is 25.8 Å². The molecule has 1 saturated heterocycles. The normalized spacial score (nSPS) is 14.0. The van der Waals surface area contributed by atoms with Crippen molar-refractivity contribution in [2.75, 3.05) is 32.2 Å². The van der Waals surface area contributed by atoms with Crippen LogP contribution in [-0.4, -0.2) is 53.2 Å². The Balaban J connectivity index is 1.73. The SMILES string of the molecule is COc1nc(CNC(=O)c2cccnc2OC)nc(N2CCCCC2)n1. The van der Waals surface area contributed by atoms with Crippen LogP contribution in [0, 0.1) is 0 Å². The molecule has 3 heterocycles. The molecule has 2 aromatic rings. The van der Waals surface area contributed by atoms with Crippen molar-refractivity contribution in [3.8, 4) is 11.9 Å². The molecule has 0 saturated carbocycles. The van der Waals surface area contributed by atoms with E-state index in [1.165, 1.54) is 20.6 Å². The zero-order valence-corrected chi connectivity index (χ0v) is 14.9. The number of nitrogens with zero attached hydrogens (tertiary/aromatic N) is 5. The van der Waals surface area contributed by atoms with Gasteiger partial charge >= 0.3 is 6.01 Å². The third kappa shape index (κ3) is 4.16. The first-order valence-electron chi connectivity index (χ1n) is 8.52. The van der Waals surface area contributed by atoms with Crippen LogP contribution in [0.25, 0.3) is 0 Å². The summed E-state index contributed by atoms with van der Waals surface area (Å²) >= 11 is 0. The number of aromatic nitrogens is 4. The molecule has 1 aliphatic heterocycles. The Bertz CT molecular complexity index is 764. The Labute approximate surface area is 151 Å². The van der Waals surface area contributed by atoms with Crippen molar-refractivity contribution >= 4 is 11.9 Å². The minimum absolute atomic E-state index is 0.149. The van der Waals surface area contributed by atoms with Crippen molar-refractivity contribution in [1.29, 1.82) is 0 Å². The predicted molar refractivity (Wildman–Crippen MR) is 94.4 cm³/mol. The second-order valence-corrected chi connectivity index (χ2v) is 5.83. The number of methoxy groups -OCH3 is 2. The van der Waals surface area contributed by atoms with Crippen molar-refractivity contribution in [3.63, 3.8) is 0 Å². The Hall–Kier alpha value is -2.97. The monoisotopic (exact) mass is 358 g/mol. The van der Waals surface area contributed by atoms with Gasteiger partial charge in [0.1, 0.15) is 5.56 Å². The number of pyridine rings is 1. The average Bonchev–Trinajstić information content (AvgIpc) is 2.72. The highest BCUT2D eigenvalue weighted by Gasteiger charge is 2.18. The summed E-state index contributed by atoms with van der Waals surface area (Å²) in [5.74, 6) is 0.981. The molecular formula is C17H22N6O3. The number of hydrogen-bond donors (Lipinski definition) is 1. The van der Waals surface area contributed by atoms with E-state index in [0.29, 0.717) is 17.3 Å². The largest absolute Gasteiger partial charge is 0.480 e. The maximum Gasteiger partial charge on any atom is 0.321 e. The number of piperidine rings is 1. The molecule has 0 atom stereocenters. The molecule has 9 nitrogen and oxygen atoms in total. The van der Waals surface area contributed by atoms with Crippen LogP contribution in [0.5, 0.6) is 11.9 Å². The van der Waals surface area contributed by atoms with Gasteiger partial charge in [0.25, 0.3) is 5.91 Å². The maximum absolute atomic E-state index is 12.4. The molecule has 0 spiro atoms. The average molecular weight is 358 g/mol. The van der Waals surface area contributed by atoms with Gasteiger partial charge in [0.2, 0.25) is 11.8 Å². The number of ether oxygens (including phenoxy) is 2. The second kappa shape index (κ2) is 8.41. The minimum Gasteiger partial charge on any atom is -0.480 e. The van der Waals surface area contributed by atoms with E-state index in [1.807, 2.05) is 0 Å². The Morgan fingerprint density at radius 3 is 2.69 bits per heavy atom. The van der Waals surface area contributed by atoms with E-state index in [-0.39, 0.29) is 24.3 Å². The topological polar surface area (TPSA) is 102 Å². The van der Waals surface area contributed by atoms with Gasteiger partial charge in [-0.2, -0.15) is 15.0 Å². The number of nitrogens with one attached hydrogen (secondary N) is 1. The smallest absolute Gasteiger partial charge is 0.321 e. The molecule has 138 valence electrons. The zero-order chi connectivity index (χ0) is 18.4. The van der Waals surface area contributed by atoms with E-state index in [2.05, 4.69) is 30.2 Å². The Morgan fingerprint density at radius 1 is 1.15 bits per heavy atom. The first kappa shape index (κ1) is 17.8. The summed E-state index contributed by atoms with van der Waals surface area (Å²) in [6.45, 7) is 1.97. The van der Waals surface area contributed by atoms with Gasteiger partial charge in [0.05, 0.1) is 20.8 Å². The van der Waals surface area contributed by atoms with Crippen LogP contribution in [0.1, 0.15) is 35.4 Å². The molecule has 1 amide bonds. The van der Waals surface area contributed by atoms with Crippen LogP contribution in [0.3, 0.4) is 0 Å². The van der Waals surface area contributed by atoms with Crippen LogP contribution < -0.4 is 19.7 Å². The van der Waals surface area contributed by atoms with Crippen molar-refractivity contribution in [2.24, 2.45) is 0 Å². The first-order valence-corrected chi connectivity index (χ1v) is 8.52. The summed E-state index contributed by atoms with van der Waals surface area (Å²) in [5, 5.41) is 2.79. The van der Waals surface area contributed by atoms with Gasteiger partial charge < -0.3 is 19.7 Å². The summed E-state index contributed by atoms with van der Waals surface area (Å²) in [4.78, 5) is 31.6. The highest BCUT2D eigenvalue weighted by atomic mass is 16.5. The van der Waals surface area contributed by atoms with Gasteiger partial charge in [-0.1, -0.05) is 0 Å². The van der Waals surface area contributed by atoms with Crippen LogP contribution in [0.4, 0.5) is 5.95 Å². The fraction of sp³-hybridized carbons (Fsp3) is 0.471. The standard InChI is InChI=1S/C17H22N6O3/c1-25-15-12(7-6-8-18-15)14(24)19-11-13-20-16(22-17(21-13)26-2)23-9-4-3-5-10-23/h6-8H,3-5,9-11H2,1-2H3,(H,19,24). The quantitative estimate of drug-likeness (QED) is 0.822. The van der Waals surface area contributed by atoms with Gasteiger partial charge in [-0.25, -0.2) is 4.98 Å². The molecule has 9 heteroatoms. The zero-order valence-electron chi connectivity index (χ0n) is 14.9. The van der Waals surface area contributed by atoms with Crippen LogP contribution >= 0.6 is 0 Å². The Kier molecular flexibility index (Phi) is 5.77. The number of anilines is 1. The highest BCUT2D eigenvalue weighted by molar-refractivity contribution is 5.96. The number of hydrogen-bond acceptors (Lipinski definition) is 8. The minimum atomic E-state index is -0.311. The predicted octanol–water partition coefficient (Wildman–Crippen LogP) is 1.20. The lowest BCUT2D eigenvalue weighted by molar-refractivity contribution is 0.0946. The van der Waals surface area contributed by atoms with E-state index < -0.39 is 0 Å². The van der Waals surface area contributed by atoms with Crippen LogP contribution in [-0.2, 0) is 6.54 Å². The maximum atomic E-state index is 12.4. The Morgan fingerprint density at radius 2 is 1.96 bits per heavy atom. The fourth-order valence-corrected chi connectivity index (χ4v) is 2.77. The van der Waals surface area contributed by atoms with Crippen LogP contribution in [0.15, 0.2) is 18.3 Å². The lowest BCUT2D eigenvalue weighted by Gasteiger charge is -2.26. The summed E-state index contributed by atoms with van der Waals surface area (Å²) in [5.41, 5.74) is 0.354. The number of carbonyl (C=O) groups excluding carboxylic acids is 1. The fourth-order valence-electron chi connectivity index (χ4n) is 2.77. The van der Waals surface area contributed by atoms with E-state index >= 15 is 0 Å². The molecule has 2 aromatic heterocycles. The summed E-state index contributed by atoms with van der Waals surface area (Å²) in [6.07, 6.45) is 5.01. The molecule has 3 rings (SSSR count). The molecule has 0 aliphatic carbocycles. The van der Waals surface area contributed by atoms with Gasteiger partial charge in [0.15, 0.2) is 5.82 Å². The third-order valence-corrected chi connectivity index (χ3v) is 4.09. The van der Waals surface area contributed by atoms with Crippen molar-refractivity contribution in [3.05, 3.63) is 29.7 Å². The first-order chi connectivity index (χ1) is 12.7. The summed E-state index contributed by atoms with van der Waals surface area (Å²) in [6, 6.07) is 3.57. The second-order valence-electron chi connectivity index (χ2n) is 5.83. The molecule has 1 aliphatic rings. The number of carbonyl (C=O) groups is 1. The molecular weight excluding hydrogens is 336 g/mol. The molecule has 26 heavy (non-hydrogen) atoms. The molecule has 1 N–H and O–H groups in total. The van der Waals surface area contributed by atoms with E-state index in [9.17, 15) is 4.79 Å². The molecule has 0 radical (unpaired) electrons. The lowest BCUT2D eigenvalue weighted by atomic mass is 10.1. The van der Waals surface area contributed by atoms with E-state index in [0.717, 1.165) is 25.9 Å². The summed E-state index contributed by atoms with van der Waals surface area (Å²) < 4.78 is 10.3. The molecule has 1 fully saturated rings. The molecule has 0 unspecified atom stereocenters. The summed E-state index contributed by atoms with van der Waals surface area (Å²) in [7, 11) is 2.99. The molecule has 0 bridgehead atoms. The van der Waals surface area contributed by atoms with Crippen molar-refractivity contribution in [1.82, 2.24) is 25.3 Å². The van der Waals surface area contributed by atoms with Gasteiger partial charge in [-0.3, -0.25) is 4.79 Å². The van der Waals surface area contributed by atoms with Gasteiger partial charge in [-0.15, -0.1) is 0 Å². The van der Waals surface area contributed by atoms with Crippen molar-refractivity contribution < 1.29 is 14.3 Å². The van der Waals surface area contributed by atoms with Gasteiger partial charge in [-0.05, 0) is 31.4 Å². The number of rotatable bonds is 6. The number of amides is 1.